The van der Waals surface area contributed by atoms with E-state index in [2.05, 4.69) is 21.9 Å². The van der Waals surface area contributed by atoms with Gasteiger partial charge in [-0.15, -0.1) is 0 Å². The number of carbonyl (C=O) groups excluding carboxylic acids is 1. The summed E-state index contributed by atoms with van der Waals surface area (Å²) in [7, 11) is 1.69. The lowest BCUT2D eigenvalue weighted by Gasteiger charge is -2.37. The van der Waals surface area contributed by atoms with Crippen LogP contribution in [0.25, 0.3) is 0 Å². The molecule has 1 saturated heterocycles. The van der Waals surface area contributed by atoms with Gasteiger partial charge in [0.2, 0.25) is 5.91 Å². The molecule has 130 valence electrons. The zero-order valence-corrected chi connectivity index (χ0v) is 14.6. The van der Waals surface area contributed by atoms with Crippen LogP contribution in [0.4, 0.5) is 5.69 Å². The molecule has 0 aromatic heterocycles. The summed E-state index contributed by atoms with van der Waals surface area (Å²) in [4.78, 5) is 17.1. The number of hydrogen-bond acceptors (Lipinski definition) is 3. The number of nitrogens with zero attached hydrogens (tertiary/aromatic N) is 2. The molecule has 4 heteroatoms. The minimum Gasteiger partial charge on any atom is -0.497 e. The van der Waals surface area contributed by atoms with Gasteiger partial charge in [0, 0.05) is 38.3 Å². The lowest BCUT2D eigenvalue weighted by atomic mass is 9.86. The molecule has 4 nitrogen and oxygen atoms in total. The van der Waals surface area contributed by atoms with Gasteiger partial charge in [0.15, 0.2) is 0 Å². The fourth-order valence-electron chi connectivity index (χ4n) is 4.99. The van der Waals surface area contributed by atoms with Gasteiger partial charge in [0.25, 0.3) is 0 Å². The third-order valence-corrected chi connectivity index (χ3v) is 6.39. The maximum absolute atomic E-state index is 12.6. The van der Waals surface area contributed by atoms with Gasteiger partial charge in [-0.1, -0.05) is 6.42 Å². The zero-order chi connectivity index (χ0) is 16.5. The van der Waals surface area contributed by atoms with Gasteiger partial charge >= 0.3 is 0 Å². The van der Waals surface area contributed by atoms with E-state index in [1.165, 1.54) is 31.4 Å². The Kier molecular flexibility index (Phi) is 4.38. The Morgan fingerprint density at radius 2 is 1.83 bits per heavy atom. The van der Waals surface area contributed by atoms with Crippen LogP contribution in [0.15, 0.2) is 24.3 Å². The number of piperazine rings is 1. The predicted molar refractivity (Wildman–Crippen MR) is 95.3 cm³/mol. The summed E-state index contributed by atoms with van der Waals surface area (Å²) in [6, 6.07) is 8.21. The quantitative estimate of drug-likeness (QED) is 0.851. The number of benzene rings is 1. The van der Waals surface area contributed by atoms with Gasteiger partial charge in [0.1, 0.15) is 5.75 Å². The Labute approximate surface area is 144 Å². The Bertz CT molecular complexity index is 578. The summed E-state index contributed by atoms with van der Waals surface area (Å²) in [6.07, 6.45) is 6.28. The van der Waals surface area contributed by atoms with E-state index in [0.717, 1.165) is 50.2 Å². The highest BCUT2D eigenvalue weighted by Gasteiger charge is 2.40. The molecule has 1 amide bonds. The second-order valence-corrected chi connectivity index (χ2v) is 7.70. The number of carbonyl (C=O) groups is 1. The van der Waals surface area contributed by atoms with Crippen molar-refractivity contribution in [3.63, 3.8) is 0 Å². The third-order valence-electron chi connectivity index (χ3n) is 6.39. The van der Waals surface area contributed by atoms with Crippen molar-refractivity contribution >= 4 is 11.6 Å². The van der Waals surface area contributed by atoms with Crippen LogP contribution in [0.3, 0.4) is 0 Å². The van der Waals surface area contributed by atoms with Crippen LogP contribution in [0, 0.1) is 17.8 Å². The molecular weight excluding hydrogens is 300 g/mol. The zero-order valence-electron chi connectivity index (χ0n) is 14.6. The molecule has 0 spiro atoms. The average molecular weight is 328 g/mol. The smallest absolute Gasteiger partial charge is 0.222 e. The normalized spacial score (nSPS) is 29.1. The molecule has 4 rings (SSSR count). The number of anilines is 1. The van der Waals surface area contributed by atoms with Crippen LogP contribution in [0.2, 0.25) is 0 Å². The first kappa shape index (κ1) is 15.8. The van der Waals surface area contributed by atoms with Crippen LogP contribution in [-0.2, 0) is 4.79 Å². The minimum atomic E-state index is 0.391. The molecule has 1 aliphatic heterocycles. The van der Waals surface area contributed by atoms with Crippen LogP contribution in [-0.4, -0.2) is 44.1 Å². The first-order chi connectivity index (χ1) is 11.7. The number of rotatable bonds is 4. The second-order valence-electron chi connectivity index (χ2n) is 7.70. The van der Waals surface area contributed by atoms with E-state index in [9.17, 15) is 4.79 Å². The van der Waals surface area contributed by atoms with E-state index in [4.69, 9.17) is 4.74 Å². The van der Waals surface area contributed by atoms with Crippen LogP contribution < -0.4 is 9.64 Å². The van der Waals surface area contributed by atoms with Crippen molar-refractivity contribution in [1.29, 1.82) is 0 Å². The van der Waals surface area contributed by atoms with E-state index in [1.807, 2.05) is 12.1 Å². The molecular formula is C20H28N2O2. The largest absolute Gasteiger partial charge is 0.497 e. The molecule has 3 aliphatic rings. The number of fused-ring (bicyclic) bond motifs is 2. The maximum atomic E-state index is 12.6. The highest BCUT2D eigenvalue weighted by molar-refractivity contribution is 5.77. The van der Waals surface area contributed by atoms with Crippen LogP contribution >= 0.6 is 0 Å². The Hall–Kier alpha value is -1.71. The number of amides is 1. The number of methoxy groups -OCH3 is 1. The SMILES string of the molecule is COc1ccc(N2CCN(C(=O)CC3CC4CCC3C4)CC2)cc1. The third kappa shape index (κ3) is 3.11. The van der Waals surface area contributed by atoms with E-state index in [1.54, 1.807) is 7.11 Å². The van der Waals surface area contributed by atoms with Crippen molar-refractivity contribution in [2.45, 2.75) is 32.1 Å². The Morgan fingerprint density at radius 1 is 1.08 bits per heavy atom. The average Bonchev–Trinajstić information content (AvgIpc) is 3.25. The van der Waals surface area contributed by atoms with E-state index < -0.39 is 0 Å². The first-order valence-electron chi connectivity index (χ1n) is 9.39. The Morgan fingerprint density at radius 3 is 2.42 bits per heavy atom. The van der Waals surface area contributed by atoms with Gasteiger partial charge in [-0.3, -0.25) is 4.79 Å². The lowest BCUT2D eigenvalue weighted by molar-refractivity contribution is -0.132. The summed E-state index contributed by atoms with van der Waals surface area (Å²) < 4.78 is 5.22. The van der Waals surface area contributed by atoms with Gasteiger partial charge < -0.3 is 14.5 Å². The minimum absolute atomic E-state index is 0.391. The van der Waals surface area contributed by atoms with Gasteiger partial charge in [-0.25, -0.2) is 0 Å². The molecule has 2 saturated carbocycles. The molecule has 0 N–H and O–H groups in total. The van der Waals surface area contributed by atoms with Crippen LogP contribution in [0.1, 0.15) is 32.1 Å². The van der Waals surface area contributed by atoms with E-state index in [-0.39, 0.29) is 0 Å². The van der Waals surface area contributed by atoms with E-state index in [0.29, 0.717) is 11.8 Å². The van der Waals surface area contributed by atoms with Crippen molar-refractivity contribution in [3.05, 3.63) is 24.3 Å². The maximum Gasteiger partial charge on any atom is 0.222 e. The topological polar surface area (TPSA) is 32.8 Å². The van der Waals surface area contributed by atoms with Crippen molar-refractivity contribution in [2.75, 3.05) is 38.2 Å². The summed E-state index contributed by atoms with van der Waals surface area (Å²) >= 11 is 0. The van der Waals surface area contributed by atoms with Crippen molar-refractivity contribution in [3.8, 4) is 5.75 Å². The Balaban J connectivity index is 1.28. The summed E-state index contributed by atoms with van der Waals surface area (Å²) in [5, 5.41) is 0. The van der Waals surface area contributed by atoms with Gasteiger partial charge in [-0.05, 0) is 61.3 Å². The molecule has 3 fully saturated rings. The standard InChI is InChI=1S/C20H28N2O2/c1-24-19-6-4-18(5-7-19)21-8-10-22(11-9-21)20(23)14-17-13-15-2-3-16(17)12-15/h4-7,15-17H,2-3,8-14H2,1H3. The number of ether oxygens (including phenoxy) is 1. The molecule has 0 radical (unpaired) electrons. The second kappa shape index (κ2) is 6.66. The van der Waals surface area contributed by atoms with Gasteiger partial charge in [-0.2, -0.15) is 0 Å². The molecule has 1 heterocycles. The fraction of sp³-hybridized carbons (Fsp3) is 0.650. The molecule has 2 bridgehead atoms. The molecule has 3 unspecified atom stereocenters. The predicted octanol–water partition coefficient (Wildman–Crippen LogP) is 3.17. The fourth-order valence-corrected chi connectivity index (χ4v) is 4.99. The molecule has 1 aromatic carbocycles. The highest BCUT2D eigenvalue weighted by atomic mass is 16.5. The van der Waals surface area contributed by atoms with Crippen molar-refractivity contribution in [2.24, 2.45) is 17.8 Å². The molecule has 2 aliphatic carbocycles. The summed E-state index contributed by atoms with van der Waals surface area (Å²) in [6.45, 7) is 3.56. The van der Waals surface area contributed by atoms with Crippen molar-refractivity contribution in [1.82, 2.24) is 4.90 Å². The molecule has 1 aromatic rings. The van der Waals surface area contributed by atoms with Crippen LogP contribution in [0.5, 0.6) is 5.75 Å². The lowest BCUT2D eigenvalue weighted by Crippen LogP contribution is -2.49. The summed E-state index contributed by atoms with van der Waals surface area (Å²) in [5.41, 5.74) is 1.22. The molecule has 24 heavy (non-hydrogen) atoms. The van der Waals surface area contributed by atoms with Crippen molar-refractivity contribution < 1.29 is 9.53 Å². The first-order valence-corrected chi connectivity index (χ1v) is 9.39. The summed E-state index contributed by atoms with van der Waals surface area (Å²) in [5.74, 6) is 3.73. The monoisotopic (exact) mass is 328 g/mol. The molecule has 3 atom stereocenters. The number of hydrogen-bond donors (Lipinski definition) is 0. The van der Waals surface area contributed by atoms with Gasteiger partial charge in [0.05, 0.1) is 7.11 Å². The highest BCUT2D eigenvalue weighted by Crippen LogP contribution is 2.49. The van der Waals surface area contributed by atoms with E-state index >= 15 is 0 Å².